The SMILES string of the molecule is CC(C)(C)OC(=O)N[C@@H](Cc1ccc(OCc2ccccc2)cc1)[C@H]1C[C@@H](Cc2ccc(-c3ccccc3)cc2)OC1=O. The van der Waals surface area contributed by atoms with Gasteiger partial charge in [-0.15, -0.1) is 0 Å². The van der Waals surface area contributed by atoms with Crippen LogP contribution >= 0.6 is 0 Å². The van der Waals surface area contributed by atoms with Gasteiger partial charge in [0, 0.05) is 12.5 Å². The zero-order valence-corrected chi connectivity index (χ0v) is 25.0. The van der Waals surface area contributed by atoms with Gasteiger partial charge in [0.15, 0.2) is 0 Å². The number of carbonyl (C=O) groups excluding carboxylic acids is 2. The molecule has 0 radical (unpaired) electrons. The highest BCUT2D eigenvalue weighted by Crippen LogP contribution is 2.30. The molecule has 1 saturated heterocycles. The van der Waals surface area contributed by atoms with Crippen LogP contribution in [0.15, 0.2) is 109 Å². The summed E-state index contributed by atoms with van der Waals surface area (Å²) in [6.45, 7) is 5.93. The van der Waals surface area contributed by atoms with E-state index in [9.17, 15) is 9.59 Å². The first-order valence-electron chi connectivity index (χ1n) is 14.8. The second kappa shape index (κ2) is 13.6. The van der Waals surface area contributed by atoms with Crippen LogP contribution in [0.5, 0.6) is 5.75 Å². The number of benzene rings is 4. The number of ether oxygens (including phenoxy) is 3. The van der Waals surface area contributed by atoms with Gasteiger partial charge in [-0.1, -0.05) is 97.1 Å². The number of cyclic esters (lactones) is 1. The minimum Gasteiger partial charge on any atom is -0.489 e. The summed E-state index contributed by atoms with van der Waals surface area (Å²) in [6.07, 6.45) is 0.767. The van der Waals surface area contributed by atoms with Crippen molar-refractivity contribution in [3.63, 3.8) is 0 Å². The maximum absolute atomic E-state index is 13.2. The minimum absolute atomic E-state index is 0.267. The molecular formula is C37H39NO5. The molecule has 0 saturated carbocycles. The van der Waals surface area contributed by atoms with E-state index in [0.717, 1.165) is 33.6 Å². The van der Waals surface area contributed by atoms with E-state index in [2.05, 4.69) is 41.7 Å². The lowest BCUT2D eigenvalue weighted by Crippen LogP contribution is -2.45. The minimum atomic E-state index is -0.656. The lowest BCUT2D eigenvalue weighted by molar-refractivity contribution is -0.144. The summed E-state index contributed by atoms with van der Waals surface area (Å²) < 4.78 is 17.3. The first-order valence-corrected chi connectivity index (χ1v) is 14.8. The fraction of sp³-hybridized carbons (Fsp3) is 0.297. The Morgan fingerprint density at radius 1 is 0.814 bits per heavy atom. The average molecular weight is 578 g/mol. The van der Waals surface area contributed by atoms with E-state index >= 15 is 0 Å². The molecule has 1 amide bonds. The van der Waals surface area contributed by atoms with E-state index in [1.54, 1.807) is 0 Å². The third-order valence-corrected chi connectivity index (χ3v) is 7.44. The smallest absolute Gasteiger partial charge is 0.407 e. The summed E-state index contributed by atoms with van der Waals surface area (Å²) in [5.74, 6) is -0.0345. The zero-order valence-electron chi connectivity index (χ0n) is 25.0. The Labute approximate surface area is 254 Å². The quantitative estimate of drug-likeness (QED) is 0.197. The van der Waals surface area contributed by atoms with Crippen molar-refractivity contribution in [2.75, 3.05) is 0 Å². The molecule has 43 heavy (non-hydrogen) atoms. The van der Waals surface area contributed by atoms with Gasteiger partial charge in [-0.25, -0.2) is 4.79 Å². The van der Waals surface area contributed by atoms with Crippen molar-refractivity contribution in [1.82, 2.24) is 5.32 Å². The number of carbonyl (C=O) groups is 2. The molecule has 6 nitrogen and oxygen atoms in total. The fourth-order valence-corrected chi connectivity index (χ4v) is 5.33. The summed E-state index contributed by atoms with van der Waals surface area (Å²) in [4.78, 5) is 26.0. The topological polar surface area (TPSA) is 73.9 Å². The van der Waals surface area contributed by atoms with Crippen LogP contribution in [0, 0.1) is 5.92 Å². The van der Waals surface area contributed by atoms with E-state index in [1.807, 2.05) is 93.6 Å². The van der Waals surface area contributed by atoms with Crippen molar-refractivity contribution in [2.45, 2.75) is 64.4 Å². The third kappa shape index (κ3) is 8.71. The van der Waals surface area contributed by atoms with Crippen molar-refractivity contribution < 1.29 is 23.8 Å². The molecular weight excluding hydrogens is 538 g/mol. The van der Waals surface area contributed by atoms with Gasteiger partial charge >= 0.3 is 12.1 Å². The Hall–Kier alpha value is -4.58. The molecule has 1 aliphatic rings. The number of nitrogens with one attached hydrogen (secondary N) is 1. The van der Waals surface area contributed by atoms with Crippen molar-refractivity contribution in [1.29, 1.82) is 0 Å². The lowest BCUT2D eigenvalue weighted by Gasteiger charge is -2.26. The molecule has 0 unspecified atom stereocenters. The van der Waals surface area contributed by atoms with Crippen LogP contribution in [-0.4, -0.2) is 29.8 Å². The maximum atomic E-state index is 13.2. The standard InChI is InChI=1S/C37H39NO5/c1-37(2,3)43-36(40)38-34(23-27-16-20-31(21-17-27)41-25-28-10-6-4-7-11-28)33-24-32(42-35(33)39)22-26-14-18-30(19-15-26)29-12-8-5-9-13-29/h4-21,32-34H,22-25H2,1-3H3,(H,38,40)/t32-,33-,34+/m1/s1. The summed E-state index contributed by atoms with van der Waals surface area (Å²) in [7, 11) is 0. The zero-order chi connectivity index (χ0) is 30.2. The summed E-state index contributed by atoms with van der Waals surface area (Å²) in [6, 6.07) is 35.9. The Morgan fingerprint density at radius 3 is 2.07 bits per heavy atom. The second-order valence-corrected chi connectivity index (χ2v) is 12.0. The molecule has 1 aliphatic heterocycles. The number of amides is 1. The second-order valence-electron chi connectivity index (χ2n) is 12.0. The van der Waals surface area contributed by atoms with Crippen LogP contribution in [0.1, 0.15) is 43.9 Å². The van der Waals surface area contributed by atoms with E-state index in [4.69, 9.17) is 14.2 Å². The molecule has 1 fully saturated rings. The molecule has 4 aromatic carbocycles. The Morgan fingerprint density at radius 2 is 1.42 bits per heavy atom. The van der Waals surface area contributed by atoms with Crippen LogP contribution in [-0.2, 0) is 33.7 Å². The van der Waals surface area contributed by atoms with Crippen molar-refractivity contribution in [2.24, 2.45) is 5.92 Å². The van der Waals surface area contributed by atoms with Gasteiger partial charge in [0.05, 0.1) is 5.92 Å². The van der Waals surface area contributed by atoms with Crippen LogP contribution in [0.2, 0.25) is 0 Å². The number of rotatable bonds is 10. The monoisotopic (exact) mass is 577 g/mol. The molecule has 0 aromatic heterocycles. The number of esters is 1. The summed E-state index contributed by atoms with van der Waals surface area (Å²) in [5.41, 5.74) is 4.81. The van der Waals surface area contributed by atoms with Crippen LogP contribution in [0.4, 0.5) is 4.79 Å². The van der Waals surface area contributed by atoms with Gasteiger partial charge in [0.25, 0.3) is 0 Å². The van der Waals surface area contributed by atoms with Crippen LogP contribution in [0.3, 0.4) is 0 Å². The third-order valence-electron chi connectivity index (χ3n) is 7.44. The van der Waals surface area contributed by atoms with Gasteiger partial charge < -0.3 is 19.5 Å². The normalized spacial score (nSPS) is 17.1. The van der Waals surface area contributed by atoms with E-state index in [0.29, 0.717) is 25.9 Å². The van der Waals surface area contributed by atoms with Crippen LogP contribution < -0.4 is 10.1 Å². The highest BCUT2D eigenvalue weighted by molar-refractivity contribution is 5.77. The predicted octanol–water partition coefficient (Wildman–Crippen LogP) is 7.54. The van der Waals surface area contributed by atoms with E-state index < -0.39 is 23.7 Å². The molecule has 1 N–H and O–H groups in total. The van der Waals surface area contributed by atoms with Gasteiger partial charge in [-0.05, 0) is 73.6 Å². The van der Waals surface area contributed by atoms with E-state index in [1.165, 1.54) is 0 Å². The van der Waals surface area contributed by atoms with Gasteiger partial charge in [0.2, 0.25) is 0 Å². The van der Waals surface area contributed by atoms with Crippen molar-refractivity contribution in [3.05, 3.63) is 126 Å². The molecule has 222 valence electrons. The molecule has 0 aliphatic carbocycles. The lowest BCUT2D eigenvalue weighted by atomic mass is 9.89. The Bertz CT molecular complexity index is 1480. The predicted molar refractivity (Wildman–Crippen MR) is 168 cm³/mol. The highest BCUT2D eigenvalue weighted by Gasteiger charge is 2.41. The van der Waals surface area contributed by atoms with Gasteiger partial charge in [0.1, 0.15) is 24.1 Å². The Kier molecular flexibility index (Phi) is 9.45. The average Bonchev–Trinajstić information content (AvgIpc) is 3.36. The van der Waals surface area contributed by atoms with Crippen molar-refractivity contribution in [3.8, 4) is 16.9 Å². The number of hydrogen-bond donors (Lipinski definition) is 1. The molecule has 3 atom stereocenters. The van der Waals surface area contributed by atoms with Gasteiger partial charge in [-0.2, -0.15) is 0 Å². The number of alkyl carbamates (subject to hydrolysis) is 1. The molecule has 4 aromatic rings. The molecule has 1 heterocycles. The molecule has 0 bridgehead atoms. The maximum Gasteiger partial charge on any atom is 0.407 e. The Balaban J connectivity index is 1.24. The summed E-state index contributed by atoms with van der Waals surface area (Å²) in [5, 5.41) is 2.97. The van der Waals surface area contributed by atoms with Crippen molar-refractivity contribution >= 4 is 12.1 Å². The molecule has 5 rings (SSSR count). The van der Waals surface area contributed by atoms with Crippen LogP contribution in [0.25, 0.3) is 11.1 Å². The number of hydrogen-bond acceptors (Lipinski definition) is 5. The first kappa shape index (κ1) is 29.9. The van der Waals surface area contributed by atoms with Gasteiger partial charge in [-0.3, -0.25) is 4.79 Å². The molecule has 0 spiro atoms. The first-order chi connectivity index (χ1) is 20.7. The summed E-state index contributed by atoms with van der Waals surface area (Å²) >= 11 is 0. The largest absolute Gasteiger partial charge is 0.489 e. The highest BCUT2D eigenvalue weighted by atomic mass is 16.6. The fourth-order valence-electron chi connectivity index (χ4n) is 5.33. The van der Waals surface area contributed by atoms with E-state index in [-0.39, 0.29) is 12.1 Å². The molecule has 6 heteroatoms.